The highest BCUT2D eigenvalue weighted by molar-refractivity contribution is 5.91. The second kappa shape index (κ2) is 10.2. The van der Waals surface area contributed by atoms with Crippen molar-refractivity contribution in [3.8, 4) is 23.2 Å². The summed E-state index contributed by atoms with van der Waals surface area (Å²) in [5.41, 5.74) is 2.78. The van der Waals surface area contributed by atoms with E-state index < -0.39 is 0 Å². The van der Waals surface area contributed by atoms with Crippen LogP contribution in [-0.2, 0) is 9.47 Å². The molecule has 0 radical (unpaired) electrons. The van der Waals surface area contributed by atoms with Crippen LogP contribution in [0.1, 0.15) is 39.2 Å². The number of furan rings is 1. The fourth-order valence-corrected chi connectivity index (χ4v) is 4.46. The summed E-state index contributed by atoms with van der Waals surface area (Å²) in [6.07, 6.45) is 1.96. The lowest BCUT2D eigenvalue weighted by Crippen LogP contribution is -2.48. The summed E-state index contributed by atoms with van der Waals surface area (Å²) < 4.78 is 18.2. The zero-order valence-corrected chi connectivity index (χ0v) is 18.6. The third-order valence-electron chi connectivity index (χ3n) is 6.07. The first kappa shape index (κ1) is 21.6. The Hall–Kier alpha value is -2.58. The van der Waals surface area contributed by atoms with Crippen molar-refractivity contribution in [1.82, 2.24) is 4.90 Å². The van der Waals surface area contributed by atoms with Gasteiger partial charge in [-0.15, -0.1) is 0 Å². The summed E-state index contributed by atoms with van der Waals surface area (Å²) in [7, 11) is 0. The number of nitrogens with zero attached hydrogens (tertiary/aromatic N) is 1. The lowest BCUT2D eigenvalue weighted by molar-refractivity contribution is -0.202. The van der Waals surface area contributed by atoms with Crippen molar-refractivity contribution >= 4 is 11.0 Å². The molecule has 0 bridgehead atoms. The van der Waals surface area contributed by atoms with Gasteiger partial charge in [-0.1, -0.05) is 68.2 Å². The molecule has 0 unspecified atom stereocenters. The van der Waals surface area contributed by atoms with Crippen LogP contribution in [0, 0.1) is 11.8 Å². The molecule has 1 fully saturated rings. The van der Waals surface area contributed by atoms with Gasteiger partial charge in [-0.2, -0.15) is 0 Å². The molecule has 4 rings (SSSR count). The molecule has 0 aliphatic carbocycles. The van der Waals surface area contributed by atoms with E-state index in [-0.39, 0.29) is 12.4 Å². The monoisotopic (exact) mass is 417 g/mol. The van der Waals surface area contributed by atoms with Gasteiger partial charge >= 0.3 is 0 Å². The van der Waals surface area contributed by atoms with E-state index in [9.17, 15) is 0 Å². The molecule has 0 N–H and O–H groups in total. The summed E-state index contributed by atoms with van der Waals surface area (Å²) in [5, 5.41) is 1.03. The van der Waals surface area contributed by atoms with E-state index in [0.717, 1.165) is 53.8 Å². The van der Waals surface area contributed by atoms with Crippen LogP contribution in [0.5, 0.6) is 0 Å². The zero-order chi connectivity index (χ0) is 21.6. The highest BCUT2D eigenvalue weighted by Gasteiger charge is 2.31. The lowest BCUT2D eigenvalue weighted by atomic mass is 10.0. The second-order valence-corrected chi connectivity index (χ2v) is 7.92. The van der Waals surface area contributed by atoms with Crippen LogP contribution in [0.15, 0.2) is 59.0 Å². The molecule has 1 aromatic heterocycles. The molecule has 1 aliphatic rings. The zero-order valence-electron chi connectivity index (χ0n) is 18.6. The van der Waals surface area contributed by atoms with E-state index in [1.807, 2.05) is 48.5 Å². The lowest BCUT2D eigenvalue weighted by Gasteiger charge is -2.40. The largest absolute Gasteiger partial charge is 0.455 e. The van der Waals surface area contributed by atoms with Crippen LogP contribution in [0.4, 0.5) is 0 Å². The Labute approximate surface area is 185 Å². The van der Waals surface area contributed by atoms with E-state index in [4.69, 9.17) is 13.9 Å². The first-order valence-corrected chi connectivity index (χ1v) is 11.3. The molecule has 3 atom stereocenters. The van der Waals surface area contributed by atoms with Gasteiger partial charge in [0.05, 0.1) is 11.7 Å². The van der Waals surface area contributed by atoms with Crippen LogP contribution in [0.25, 0.3) is 22.3 Å². The van der Waals surface area contributed by atoms with Gasteiger partial charge in [0, 0.05) is 23.4 Å². The molecular weight excluding hydrogens is 386 g/mol. The van der Waals surface area contributed by atoms with E-state index in [1.165, 1.54) is 0 Å². The number of hydrogen-bond donors (Lipinski definition) is 0. The minimum absolute atomic E-state index is 0.161. The summed E-state index contributed by atoms with van der Waals surface area (Å²) in [4.78, 5) is 2.47. The molecule has 4 nitrogen and oxygen atoms in total. The highest BCUT2D eigenvalue weighted by atomic mass is 16.7. The van der Waals surface area contributed by atoms with Crippen molar-refractivity contribution in [1.29, 1.82) is 0 Å². The number of ether oxygens (including phenoxy) is 2. The van der Waals surface area contributed by atoms with E-state index in [0.29, 0.717) is 12.6 Å². The average molecular weight is 418 g/mol. The highest BCUT2D eigenvalue weighted by Crippen LogP contribution is 2.32. The summed E-state index contributed by atoms with van der Waals surface area (Å²) in [5.74, 6) is 7.29. The van der Waals surface area contributed by atoms with Crippen molar-refractivity contribution in [2.45, 2.75) is 52.0 Å². The van der Waals surface area contributed by atoms with Crippen LogP contribution in [0.2, 0.25) is 0 Å². The summed E-state index contributed by atoms with van der Waals surface area (Å²) in [6, 6.07) is 18.6. The number of fused-ring (bicyclic) bond motifs is 1. The average Bonchev–Trinajstić information content (AvgIpc) is 3.18. The predicted molar refractivity (Wildman–Crippen MR) is 125 cm³/mol. The summed E-state index contributed by atoms with van der Waals surface area (Å²) >= 11 is 0. The predicted octanol–water partition coefficient (Wildman–Crippen LogP) is 5.70. The molecule has 1 saturated heterocycles. The Morgan fingerprint density at radius 3 is 2.48 bits per heavy atom. The van der Waals surface area contributed by atoms with Crippen molar-refractivity contribution in [2.75, 3.05) is 19.7 Å². The number of likely N-dealkylation sites (N-methyl/N-ethyl adjacent to an activating group) is 1. The first-order valence-electron chi connectivity index (χ1n) is 11.3. The maximum absolute atomic E-state index is 6.13. The maximum Gasteiger partial charge on any atom is 0.159 e. The Bertz CT molecular complexity index is 1040. The molecule has 1 aliphatic heterocycles. The van der Waals surface area contributed by atoms with Crippen molar-refractivity contribution < 1.29 is 13.9 Å². The topological polar surface area (TPSA) is 34.8 Å². The third-order valence-corrected chi connectivity index (χ3v) is 6.07. The van der Waals surface area contributed by atoms with Crippen LogP contribution >= 0.6 is 0 Å². The molecule has 0 saturated carbocycles. The van der Waals surface area contributed by atoms with E-state index in [1.54, 1.807) is 0 Å². The standard InChI is InChI=1S/C27H31NO3/c1-4-28(5-2)24-17-18-26(30-20(24)3)29-19-11-15-23-22-14-9-10-16-25(22)31-27(23)21-12-7-6-8-13-21/h6-10,12-14,16,20,24,26H,4-5,17-19H2,1-3H3/t20-,24-,26+/m0/s1. The van der Waals surface area contributed by atoms with E-state index >= 15 is 0 Å². The van der Waals surface area contributed by atoms with E-state index in [2.05, 4.69) is 43.6 Å². The van der Waals surface area contributed by atoms with Crippen LogP contribution in [0.3, 0.4) is 0 Å². The fourth-order valence-electron chi connectivity index (χ4n) is 4.46. The quantitative estimate of drug-likeness (QED) is 0.482. The molecule has 3 aromatic rings. The van der Waals surface area contributed by atoms with Gasteiger partial charge < -0.3 is 13.9 Å². The second-order valence-electron chi connectivity index (χ2n) is 7.92. The number of rotatable bonds is 6. The van der Waals surface area contributed by atoms with Crippen molar-refractivity contribution in [2.24, 2.45) is 0 Å². The van der Waals surface area contributed by atoms with Crippen LogP contribution < -0.4 is 0 Å². The summed E-state index contributed by atoms with van der Waals surface area (Å²) in [6.45, 7) is 8.99. The molecular formula is C27H31NO3. The Kier molecular flexibility index (Phi) is 7.09. The van der Waals surface area contributed by atoms with Gasteiger partial charge in [-0.25, -0.2) is 0 Å². The first-order chi connectivity index (χ1) is 15.2. The molecule has 31 heavy (non-hydrogen) atoms. The Morgan fingerprint density at radius 2 is 1.74 bits per heavy atom. The normalized spacial score (nSPS) is 21.2. The van der Waals surface area contributed by atoms with Gasteiger partial charge in [0.25, 0.3) is 0 Å². The molecule has 162 valence electrons. The minimum atomic E-state index is -0.189. The smallest absolute Gasteiger partial charge is 0.159 e. The van der Waals surface area contributed by atoms with Crippen molar-refractivity contribution in [3.63, 3.8) is 0 Å². The van der Waals surface area contributed by atoms with Gasteiger partial charge in [0.15, 0.2) is 12.1 Å². The molecule has 4 heteroatoms. The minimum Gasteiger partial charge on any atom is -0.455 e. The van der Waals surface area contributed by atoms with Crippen molar-refractivity contribution in [3.05, 3.63) is 60.2 Å². The molecule has 0 amide bonds. The number of benzene rings is 2. The van der Waals surface area contributed by atoms with Gasteiger partial charge in [0.1, 0.15) is 12.2 Å². The Balaban J connectivity index is 1.44. The molecule has 2 aromatic carbocycles. The van der Waals surface area contributed by atoms with Gasteiger partial charge in [0.2, 0.25) is 0 Å². The third kappa shape index (κ3) is 4.85. The number of hydrogen-bond acceptors (Lipinski definition) is 4. The van der Waals surface area contributed by atoms with Gasteiger partial charge in [-0.3, -0.25) is 4.90 Å². The molecule has 0 spiro atoms. The Morgan fingerprint density at radius 1 is 1.00 bits per heavy atom. The van der Waals surface area contributed by atoms with Crippen LogP contribution in [-0.4, -0.2) is 43.0 Å². The SMILES string of the molecule is CCN(CC)[C@H]1CC[C@H](OCC#Cc2c(-c3ccccc3)oc3ccccc23)O[C@H]1C. The van der Waals surface area contributed by atoms with Gasteiger partial charge in [-0.05, 0) is 38.6 Å². The fraction of sp³-hybridized carbons (Fsp3) is 0.407. The maximum atomic E-state index is 6.13. The molecule has 2 heterocycles. The number of para-hydroxylation sites is 1.